The van der Waals surface area contributed by atoms with Gasteiger partial charge in [0, 0.05) is 6.07 Å². The second-order valence-corrected chi connectivity index (χ2v) is 9.45. The quantitative estimate of drug-likeness (QED) is 0.389. The average Bonchev–Trinajstić information content (AvgIpc) is 2.67. The van der Waals surface area contributed by atoms with Crippen LogP contribution in [-0.4, -0.2) is 13.2 Å². The van der Waals surface area contributed by atoms with Crippen molar-refractivity contribution in [2.75, 3.05) is 0 Å². The topological polar surface area (TPSA) is 52.4 Å². The first-order valence-electron chi connectivity index (χ1n) is 8.08. The summed E-state index contributed by atoms with van der Waals surface area (Å²) in [4.78, 5) is 10.9. The summed E-state index contributed by atoms with van der Waals surface area (Å²) in [6.07, 6.45) is 0. The predicted molar refractivity (Wildman–Crippen MR) is 102 cm³/mol. The number of benzene rings is 3. The number of rotatable bonds is 6. The molecule has 0 heterocycles. The van der Waals surface area contributed by atoms with Crippen LogP contribution in [0.3, 0.4) is 0 Å². The van der Waals surface area contributed by atoms with Gasteiger partial charge in [0.15, 0.2) is 0 Å². The van der Waals surface area contributed by atoms with Crippen LogP contribution in [0, 0.1) is 10.1 Å². The van der Waals surface area contributed by atoms with Crippen LogP contribution < -0.4 is 10.4 Å². The highest BCUT2D eigenvalue weighted by Crippen LogP contribution is 2.20. The molecule has 4 nitrogen and oxygen atoms in total. The van der Waals surface area contributed by atoms with Gasteiger partial charge in [-0.1, -0.05) is 72.8 Å². The Labute approximate surface area is 148 Å². The Kier molecular flexibility index (Phi) is 5.07. The molecule has 3 rings (SSSR count). The number of hydrogen-bond donors (Lipinski definition) is 0. The lowest BCUT2D eigenvalue weighted by atomic mass is 10.2. The molecule has 0 aliphatic carbocycles. The van der Waals surface area contributed by atoms with Crippen LogP contribution in [0.25, 0.3) is 0 Å². The second-order valence-electron chi connectivity index (χ2n) is 5.94. The molecule has 5 heteroatoms. The van der Waals surface area contributed by atoms with E-state index in [4.69, 9.17) is 4.43 Å². The third-order valence-electron chi connectivity index (χ3n) is 4.35. The lowest BCUT2D eigenvalue weighted by molar-refractivity contribution is -0.385. The lowest BCUT2D eigenvalue weighted by Crippen LogP contribution is -2.58. The Morgan fingerprint density at radius 2 is 1.32 bits per heavy atom. The van der Waals surface area contributed by atoms with Crippen molar-refractivity contribution in [2.24, 2.45) is 0 Å². The fourth-order valence-corrected chi connectivity index (χ4v) is 5.65. The summed E-state index contributed by atoms with van der Waals surface area (Å²) in [6, 6.07) is 27.0. The van der Waals surface area contributed by atoms with E-state index in [2.05, 4.69) is 30.8 Å². The molecule has 0 aromatic heterocycles. The maximum atomic E-state index is 11.2. The summed E-state index contributed by atoms with van der Waals surface area (Å²) in [5.74, 6) is 0. The van der Waals surface area contributed by atoms with E-state index in [9.17, 15) is 10.1 Å². The largest absolute Gasteiger partial charge is 0.404 e. The summed E-state index contributed by atoms with van der Waals surface area (Å²) in [5.41, 5.74) is 0.693. The maximum absolute atomic E-state index is 11.2. The van der Waals surface area contributed by atoms with Crippen LogP contribution in [0.2, 0.25) is 6.55 Å². The van der Waals surface area contributed by atoms with Gasteiger partial charge in [-0.25, -0.2) is 0 Å². The normalized spacial score (nSPS) is 11.2. The van der Waals surface area contributed by atoms with E-state index in [1.54, 1.807) is 18.2 Å². The zero-order valence-corrected chi connectivity index (χ0v) is 15.0. The van der Waals surface area contributed by atoms with Gasteiger partial charge in [-0.2, -0.15) is 0 Å². The number of hydrogen-bond acceptors (Lipinski definition) is 3. The molecule has 0 amide bonds. The van der Waals surface area contributed by atoms with Crippen molar-refractivity contribution in [1.82, 2.24) is 0 Å². The van der Waals surface area contributed by atoms with Gasteiger partial charge in [0.25, 0.3) is 14.0 Å². The fraction of sp³-hybridized carbons (Fsp3) is 0.100. The molecule has 0 saturated carbocycles. The Bertz CT molecular complexity index is 814. The first kappa shape index (κ1) is 17.1. The summed E-state index contributed by atoms with van der Waals surface area (Å²) in [7, 11) is -2.46. The maximum Gasteiger partial charge on any atom is 0.274 e. The van der Waals surface area contributed by atoms with E-state index < -0.39 is 8.32 Å². The van der Waals surface area contributed by atoms with Gasteiger partial charge in [0.05, 0.1) is 17.1 Å². The third kappa shape index (κ3) is 3.68. The zero-order valence-electron chi connectivity index (χ0n) is 14.0. The van der Waals surface area contributed by atoms with Crippen LogP contribution in [0.1, 0.15) is 5.56 Å². The highest BCUT2D eigenvalue weighted by Gasteiger charge is 2.34. The SMILES string of the molecule is C[Si](OCc1ccccc1[N+](=O)[O-])(c1ccccc1)c1ccccc1. The minimum Gasteiger partial charge on any atom is -0.404 e. The predicted octanol–water partition coefficient (Wildman–Crippen LogP) is 3.50. The number of para-hydroxylation sites is 1. The molecular weight excluding hydrogens is 330 g/mol. The van der Waals surface area contributed by atoms with Crippen molar-refractivity contribution < 1.29 is 9.35 Å². The molecule has 0 aliphatic rings. The Hall–Kier alpha value is -2.76. The van der Waals surface area contributed by atoms with Gasteiger partial charge >= 0.3 is 0 Å². The monoisotopic (exact) mass is 349 g/mol. The molecule has 0 aliphatic heterocycles. The van der Waals surface area contributed by atoms with Crippen molar-refractivity contribution in [1.29, 1.82) is 0 Å². The molecule has 0 spiro atoms. The van der Waals surface area contributed by atoms with E-state index in [0.717, 1.165) is 10.4 Å². The molecule has 25 heavy (non-hydrogen) atoms. The highest BCUT2D eigenvalue weighted by atomic mass is 28.4. The first-order chi connectivity index (χ1) is 12.1. The molecule has 0 saturated heterocycles. The highest BCUT2D eigenvalue weighted by molar-refractivity contribution is 6.96. The van der Waals surface area contributed by atoms with Crippen LogP contribution in [0.4, 0.5) is 5.69 Å². The molecule has 0 fully saturated rings. The van der Waals surface area contributed by atoms with Gasteiger partial charge in [-0.05, 0) is 23.0 Å². The van der Waals surface area contributed by atoms with Gasteiger partial charge < -0.3 is 4.43 Å². The molecule has 0 N–H and O–H groups in total. The lowest BCUT2D eigenvalue weighted by Gasteiger charge is -2.28. The van der Waals surface area contributed by atoms with E-state index in [1.165, 1.54) is 6.07 Å². The van der Waals surface area contributed by atoms with E-state index in [1.807, 2.05) is 36.4 Å². The Morgan fingerprint density at radius 3 is 1.84 bits per heavy atom. The van der Waals surface area contributed by atoms with Crippen LogP contribution in [0.15, 0.2) is 84.9 Å². The summed E-state index contributed by atoms with van der Waals surface area (Å²) in [5, 5.41) is 13.5. The summed E-state index contributed by atoms with van der Waals surface area (Å²) >= 11 is 0. The first-order valence-corrected chi connectivity index (χ1v) is 10.5. The zero-order chi connectivity index (χ0) is 17.7. The minimum atomic E-state index is -2.46. The fourth-order valence-electron chi connectivity index (χ4n) is 2.88. The van der Waals surface area contributed by atoms with Crippen LogP contribution in [-0.2, 0) is 11.0 Å². The molecule has 3 aromatic rings. The molecule has 126 valence electrons. The van der Waals surface area contributed by atoms with Crippen LogP contribution in [0.5, 0.6) is 0 Å². The van der Waals surface area contributed by atoms with Crippen molar-refractivity contribution in [3.63, 3.8) is 0 Å². The van der Waals surface area contributed by atoms with E-state index >= 15 is 0 Å². The van der Waals surface area contributed by atoms with Crippen molar-refractivity contribution in [3.8, 4) is 0 Å². The Balaban J connectivity index is 1.96. The van der Waals surface area contributed by atoms with Crippen LogP contribution >= 0.6 is 0 Å². The number of nitro groups is 1. The summed E-state index contributed by atoms with van der Waals surface area (Å²) < 4.78 is 6.41. The molecule has 0 bridgehead atoms. The molecule has 0 atom stereocenters. The Morgan fingerprint density at radius 1 is 0.840 bits per heavy atom. The van der Waals surface area contributed by atoms with Crippen molar-refractivity contribution in [2.45, 2.75) is 13.2 Å². The molecular formula is C20H19NO3Si. The van der Waals surface area contributed by atoms with Crippen molar-refractivity contribution >= 4 is 24.4 Å². The number of nitro benzene ring substituents is 1. The summed E-state index contributed by atoms with van der Waals surface area (Å²) in [6.45, 7) is 2.34. The average molecular weight is 349 g/mol. The van der Waals surface area contributed by atoms with Gasteiger partial charge in [0.2, 0.25) is 0 Å². The minimum absolute atomic E-state index is 0.0972. The smallest absolute Gasteiger partial charge is 0.274 e. The molecule has 0 radical (unpaired) electrons. The van der Waals surface area contributed by atoms with Crippen molar-refractivity contribution in [3.05, 3.63) is 101 Å². The second kappa shape index (κ2) is 7.42. The van der Waals surface area contributed by atoms with Gasteiger partial charge in [-0.3, -0.25) is 10.1 Å². The standard InChI is InChI=1S/C20H19NO3Si/c1-25(18-11-4-2-5-12-18,19-13-6-3-7-14-19)24-16-17-10-8-9-15-20(17)21(22)23/h2-15H,16H2,1H3. The van der Waals surface area contributed by atoms with Gasteiger partial charge in [0.1, 0.15) is 0 Å². The number of nitrogens with zero attached hydrogens (tertiary/aromatic N) is 1. The van der Waals surface area contributed by atoms with E-state index in [-0.39, 0.29) is 17.2 Å². The third-order valence-corrected chi connectivity index (χ3v) is 7.95. The molecule has 0 unspecified atom stereocenters. The molecule has 3 aromatic carbocycles. The van der Waals surface area contributed by atoms with E-state index in [0.29, 0.717) is 5.56 Å². The van der Waals surface area contributed by atoms with Gasteiger partial charge in [-0.15, -0.1) is 0 Å².